The second-order valence-corrected chi connectivity index (χ2v) is 6.39. The van der Waals surface area contributed by atoms with E-state index in [0.29, 0.717) is 16.5 Å². The number of nitrogen functional groups attached to an aromatic ring is 1. The van der Waals surface area contributed by atoms with E-state index in [1.54, 1.807) is 6.20 Å². The first kappa shape index (κ1) is 13.4. The molecule has 0 bridgehead atoms. The van der Waals surface area contributed by atoms with Crippen molar-refractivity contribution in [1.82, 2.24) is 9.88 Å². The van der Waals surface area contributed by atoms with Gasteiger partial charge >= 0.3 is 0 Å². The molecule has 0 atom stereocenters. The van der Waals surface area contributed by atoms with Crippen LogP contribution in [0.5, 0.6) is 0 Å². The number of aromatic nitrogens is 1. The SMILES string of the molecule is CCN(CC1CCC1)C(=O)c1sc2cccnc2c1N. The number of hydrogen-bond acceptors (Lipinski definition) is 4. The molecule has 0 saturated heterocycles. The highest BCUT2D eigenvalue weighted by Crippen LogP contribution is 2.34. The largest absolute Gasteiger partial charge is 0.396 e. The molecule has 2 aromatic heterocycles. The molecule has 2 N–H and O–H groups in total. The summed E-state index contributed by atoms with van der Waals surface area (Å²) in [4.78, 5) is 19.5. The first-order chi connectivity index (χ1) is 9.70. The molecule has 0 aromatic carbocycles. The molecule has 3 rings (SSSR count). The molecule has 20 heavy (non-hydrogen) atoms. The Morgan fingerprint density at radius 3 is 2.95 bits per heavy atom. The Labute approximate surface area is 122 Å². The van der Waals surface area contributed by atoms with Crippen LogP contribution in [0.2, 0.25) is 0 Å². The van der Waals surface area contributed by atoms with Gasteiger partial charge in [0.2, 0.25) is 0 Å². The van der Waals surface area contributed by atoms with Crippen molar-refractivity contribution >= 4 is 33.1 Å². The molecule has 2 heterocycles. The van der Waals surface area contributed by atoms with Crippen LogP contribution in [-0.2, 0) is 0 Å². The fourth-order valence-corrected chi connectivity index (χ4v) is 3.64. The Kier molecular flexibility index (Phi) is 3.61. The van der Waals surface area contributed by atoms with Crippen molar-refractivity contribution in [2.45, 2.75) is 26.2 Å². The van der Waals surface area contributed by atoms with Gasteiger partial charge < -0.3 is 10.6 Å². The molecule has 1 saturated carbocycles. The normalized spacial score (nSPS) is 15.2. The summed E-state index contributed by atoms with van der Waals surface area (Å²) in [7, 11) is 0. The zero-order chi connectivity index (χ0) is 14.1. The van der Waals surface area contributed by atoms with E-state index in [4.69, 9.17) is 5.73 Å². The first-order valence-corrected chi connectivity index (χ1v) is 7.94. The average Bonchev–Trinajstić information content (AvgIpc) is 2.75. The molecule has 0 aliphatic heterocycles. The van der Waals surface area contributed by atoms with Crippen LogP contribution in [0.25, 0.3) is 10.2 Å². The summed E-state index contributed by atoms with van der Waals surface area (Å²) in [5, 5.41) is 0. The molecule has 1 fully saturated rings. The van der Waals surface area contributed by atoms with Crippen molar-refractivity contribution in [2.75, 3.05) is 18.8 Å². The van der Waals surface area contributed by atoms with Gasteiger partial charge in [0.05, 0.1) is 10.4 Å². The van der Waals surface area contributed by atoms with Crippen molar-refractivity contribution in [1.29, 1.82) is 0 Å². The number of carbonyl (C=O) groups is 1. The maximum Gasteiger partial charge on any atom is 0.266 e. The van der Waals surface area contributed by atoms with E-state index in [9.17, 15) is 4.79 Å². The molecule has 1 aliphatic carbocycles. The van der Waals surface area contributed by atoms with Crippen LogP contribution in [0.1, 0.15) is 35.9 Å². The van der Waals surface area contributed by atoms with Gasteiger partial charge in [0.25, 0.3) is 5.91 Å². The van der Waals surface area contributed by atoms with Gasteiger partial charge in [0, 0.05) is 19.3 Å². The van der Waals surface area contributed by atoms with Crippen LogP contribution in [0.15, 0.2) is 18.3 Å². The Hall–Kier alpha value is -1.62. The van der Waals surface area contributed by atoms with Gasteiger partial charge in [-0.1, -0.05) is 6.42 Å². The molecule has 0 spiro atoms. The van der Waals surface area contributed by atoms with E-state index in [2.05, 4.69) is 4.98 Å². The van der Waals surface area contributed by atoms with E-state index in [1.807, 2.05) is 24.0 Å². The quantitative estimate of drug-likeness (QED) is 0.940. The summed E-state index contributed by atoms with van der Waals surface area (Å²) in [5.74, 6) is 0.729. The predicted octanol–water partition coefficient (Wildman–Crippen LogP) is 3.14. The first-order valence-electron chi connectivity index (χ1n) is 7.13. The maximum atomic E-state index is 12.7. The van der Waals surface area contributed by atoms with Gasteiger partial charge in [0.1, 0.15) is 10.4 Å². The molecule has 0 radical (unpaired) electrons. The highest BCUT2D eigenvalue weighted by molar-refractivity contribution is 7.21. The smallest absolute Gasteiger partial charge is 0.266 e. The highest BCUT2D eigenvalue weighted by atomic mass is 32.1. The molecular formula is C15H19N3OS. The van der Waals surface area contributed by atoms with Crippen LogP contribution >= 0.6 is 11.3 Å². The molecule has 0 unspecified atom stereocenters. The standard InChI is InChI=1S/C15H19N3OS/c1-2-18(9-10-5-3-6-10)15(19)14-12(16)13-11(20-14)7-4-8-17-13/h4,7-8,10H,2-3,5-6,9,16H2,1H3. The van der Waals surface area contributed by atoms with Crippen molar-refractivity contribution < 1.29 is 4.79 Å². The number of rotatable bonds is 4. The fraction of sp³-hybridized carbons (Fsp3) is 0.467. The third-order valence-corrected chi connectivity index (χ3v) is 5.20. The molecule has 1 aliphatic rings. The summed E-state index contributed by atoms with van der Waals surface area (Å²) >= 11 is 1.45. The lowest BCUT2D eigenvalue weighted by atomic mass is 9.85. The number of hydrogen-bond donors (Lipinski definition) is 1. The van der Waals surface area contributed by atoms with Crippen molar-refractivity contribution in [3.63, 3.8) is 0 Å². The lowest BCUT2D eigenvalue weighted by Crippen LogP contribution is -2.37. The van der Waals surface area contributed by atoms with E-state index < -0.39 is 0 Å². The molecule has 1 amide bonds. The number of fused-ring (bicyclic) bond motifs is 1. The zero-order valence-corrected chi connectivity index (χ0v) is 12.4. The molecular weight excluding hydrogens is 270 g/mol. The topological polar surface area (TPSA) is 59.2 Å². The number of carbonyl (C=O) groups excluding carboxylic acids is 1. The molecule has 106 valence electrons. The van der Waals surface area contributed by atoms with Crippen LogP contribution in [-0.4, -0.2) is 28.9 Å². The second kappa shape index (κ2) is 5.40. The van der Waals surface area contributed by atoms with Gasteiger partial charge in [-0.05, 0) is 37.8 Å². The summed E-state index contributed by atoms with van der Waals surface area (Å²) in [5.41, 5.74) is 7.39. The van der Waals surface area contributed by atoms with E-state index in [1.165, 1.54) is 30.6 Å². The zero-order valence-electron chi connectivity index (χ0n) is 11.6. The highest BCUT2D eigenvalue weighted by Gasteiger charge is 2.26. The summed E-state index contributed by atoms with van der Waals surface area (Å²) in [6.07, 6.45) is 5.50. The van der Waals surface area contributed by atoms with E-state index in [0.717, 1.165) is 23.3 Å². The summed E-state index contributed by atoms with van der Waals surface area (Å²) < 4.78 is 0.980. The van der Waals surface area contributed by atoms with Gasteiger partial charge in [-0.2, -0.15) is 0 Å². The second-order valence-electron chi connectivity index (χ2n) is 5.34. The van der Waals surface area contributed by atoms with Crippen molar-refractivity contribution in [2.24, 2.45) is 5.92 Å². The van der Waals surface area contributed by atoms with Crippen LogP contribution in [0.4, 0.5) is 5.69 Å². The van der Waals surface area contributed by atoms with Gasteiger partial charge in [-0.25, -0.2) is 0 Å². The Morgan fingerprint density at radius 2 is 2.35 bits per heavy atom. The van der Waals surface area contributed by atoms with Crippen LogP contribution < -0.4 is 5.73 Å². The van der Waals surface area contributed by atoms with Crippen LogP contribution in [0.3, 0.4) is 0 Å². The minimum Gasteiger partial charge on any atom is -0.396 e. The third-order valence-electron chi connectivity index (χ3n) is 4.05. The van der Waals surface area contributed by atoms with Gasteiger partial charge in [-0.15, -0.1) is 11.3 Å². The predicted molar refractivity (Wildman–Crippen MR) is 83.0 cm³/mol. The minimum atomic E-state index is 0.0555. The van der Waals surface area contributed by atoms with Crippen molar-refractivity contribution in [3.8, 4) is 0 Å². The Morgan fingerprint density at radius 1 is 1.55 bits per heavy atom. The minimum absolute atomic E-state index is 0.0555. The number of amides is 1. The molecule has 4 nitrogen and oxygen atoms in total. The number of anilines is 1. The van der Waals surface area contributed by atoms with Crippen molar-refractivity contribution in [3.05, 3.63) is 23.2 Å². The maximum absolute atomic E-state index is 12.7. The molecule has 2 aromatic rings. The Balaban J connectivity index is 1.88. The van der Waals surface area contributed by atoms with Gasteiger partial charge in [0.15, 0.2) is 0 Å². The number of nitrogens with two attached hydrogens (primary N) is 1. The monoisotopic (exact) mass is 289 g/mol. The van der Waals surface area contributed by atoms with Crippen LogP contribution in [0, 0.1) is 5.92 Å². The number of nitrogens with zero attached hydrogens (tertiary/aromatic N) is 2. The van der Waals surface area contributed by atoms with E-state index >= 15 is 0 Å². The van der Waals surface area contributed by atoms with Gasteiger partial charge in [-0.3, -0.25) is 9.78 Å². The molecule has 5 heteroatoms. The number of pyridine rings is 1. The lowest BCUT2D eigenvalue weighted by molar-refractivity contribution is 0.0712. The summed E-state index contributed by atoms with van der Waals surface area (Å²) in [6.45, 7) is 3.62. The Bertz CT molecular complexity index is 633. The third kappa shape index (κ3) is 2.26. The summed E-state index contributed by atoms with van der Waals surface area (Å²) in [6, 6.07) is 3.83. The number of thiophene rings is 1. The fourth-order valence-electron chi connectivity index (χ4n) is 2.59. The van der Waals surface area contributed by atoms with E-state index in [-0.39, 0.29) is 5.91 Å². The lowest BCUT2D eigenvalue weighted by Gasteiger charge is -2.31. The average molecular weight is 289 g/mol.